The Hall–Kier alpha value is -2.35. The number of likely N-dealkylation sites (tertiary alicyclic amines) is 1. The predicted molar refractivity (Wildman–Crippen MR) is 105 cm³/mol. The Balaban J connectivity index is 1.83. The van der Waals surface area contributed by atoms with E-state index in [9.17, 15) is 9.59 Å². The standard InChI is InChI=1S/C19H28N6O2/c1-12-7-6-8-23(11-12)9-10-24-13(2)14(3)25-15-16(20-18(24)25)21(4)19(27)22(5)17(15)26/h12H,6-11H2,1-5H3/t12-/m0/s1. The number of rotatable bonds is 3. The monoisotopic (exact) mass is 372 g/mol. The average Bonchev–Trinajstić information content (AvgIpc) is 3.13. The maximum absolute atomic E-state index is 12.8. The predicted octanol–water partition coefficient (Wildman–Crippen LogP) is 1.04. The van der Waals surface area contributed by atoms with Crippen molar-refractivity contribution in [2.45, 2.75) is 40.2 Å². The Bertz CT molecular complexity index is 1150. The van der Waals surface area contributed by atoms with Crippen LogP contribution in [0.2, 0.25) is 0 Å². The molecule has 3 aromatic heterocycles. The summed E-state index contributed by atoms with van der Waals surface area (Å²) in [7, 11) is 3.18. The maximum atomic E-state index is 12.8. The van der Waals surface area contributed by atoms with Gasteiger partial charge in [-0.3, -0.25) is 18.3 Å². The fraction of sp³-hybridized carbons (Fsp3) is 0.632. The van der Waals surface area contributed by atoms with E-state index in [1.54, 1.807) is 7.05 Å². The second kappa shape index (κ2) is 6.37. The molecule has 0 aliphatic carbocycles. The van der Waals surface area contributed by atoms with Gasteiger partial charge in [0, 0.05) is 45.1 Å². The highest BCUT2D eigenvalue weighted by Crippen LogP contribution is 2.21. The third-order valence-corrected chi connectivity index (χ3v) is 6.13. The Morgan fingerprint density at radius 1 is 1.07 bits per heavy atom. The van der Waals surface area contributed by atoms with Gasteiger partial charge in [-0.2, -0.15) is 4.98 Å². The summed E-state index contributed by atoms with van der Waals surface area (Å²) in [6.45, 7) is 10.5. The summed E-state index contributed by atoms with van der Waals surface area (Å²) >= 11 is 0. The smallest absolute Gasteiger partial charge is 0.313 e. The lowest BCUT2D eigenvalue weighted by atomic mass is 10.0. The molecule has 0 aromatic carbocycles. The van der Waals surface area contributed by atoms with Gasteiger partial charge in [0.25, 0.3) is 5.56 Å². The molecule has 0 radical (unpaired) electrons. The molecule has 27 heavy (non-hydrogen) atoms. The van der Waals surface area contributed by atoms with Crippen molar-refractivity contribution in [3.8, 4) is 0 Å². The molecule has 1 atom stereocenters. The highest BCUT2D eigenvalue weighted by atomic mass is 16.2. The normalized spacial score (nSPS) is 18.8. The molecule has 1 saturated heterocycles. The summed E-state index contributed by atoms with van der Waals surface area (Å²) in [5.41, 5.74) is 2.37. The zero-order valence-electron chi connectivity index (χ0n) is 16.8. The molecule has 8 nitrogen and oxygen atoms in total. The number of nitrogens with zero attached hydrogens (tertiary/aromatic N) is 6. The zero-order chi connectivity index (χ0) is 19.5. The molecule has 0 N–H and O–H groups in total. The van der Waals surface area contributed by atoms with Crippen LogP contribution in [0.5, 0.6) is 0 Å². The lowest BCUT2D eigenvalue weighted by molar-refractivity contribution is 0.178. The van der Waals surface area contributed by atoms with Gasteiger partial charge in [-0.05, 0) is 39.2 Å². The van der Waals surface area contributed by atoms with Crippen molar-refractivity contribution in [3.63, 3.8) is 0 Å². The highest BCUT2D eigenvalue weighted by molar-refractivity contribution is 5.76. The molecule has 0 unspecified atom stereocenters. The molecule has 3 aromatic rings. The quantitative estimate of drug-likeness (QED) is 0.689. The molecule has 4 heterocycles. The highest BCUT2D eigenvalue weighted by Gasteiger charge is 2.22. The minimum absolute atomic E-state index is 0.300. The van der Waals surface area contributed by atoms with Gasteiger partial charge in [0.15, 0.2) is 11.2 Å². The topological polar surface area (TPSA) is 69.5 Å². The van der Waals surface area contributed by atoms with Crippen LogP contribution in [0.4, 0.5) is 0 Å². The van der Waals surface area contributed by atoms with E-state index in [-0.39, 0.29) is 11.2 Å². The fourth-order valence-corrected chi connectivity index (χ4v) is 4.39. The number of aryl methyl sites for hydroxylation is 2. The van der Waals surface area contributed by atoms with Gasteiger partial charge in [0.05, 0.1) is 0 Å². The minimum atomic E-state index is -0.350. The van der Waals surface area contributed by atoms with E-state index in [0.717, 1.165) is 53.8 Å². The first-order chi connectivity index (χ1) is 12.8. The number of aromatic nitrogens is 5. The third kappa shape index (κ3) is 2.65. The van der Waals surface area contributed by atoms with Crippen molar-refractivity contribution in [2.75, 3.05) is 19.6 Å². The van der Waals surface area contributed by atoms with E-state index in [2.05, 4.69) is 23.3 Å². The van der Waals surface area contributed by atoms with Crippen molar-refractivity contribution >= 4 is 16.9 Å². The van der Waals surface area contributed by atoms with Crippen LogP contribution in [-0.4, -0.2) is 47.6 Å². The van der Waals surface area contributed by atoms with E-state index in [1.807, 2.05) is 11.3 Å². The zero-order valence-corrected chi connectivity index (χ0v) is 16.8. The van der Waals surface area contributed by atoms with Gasteiger partial charge in [-0.25, -0.2) is 4.79 Å². The van der Waals surface area contributed by atoms with Gasteiger partial charge in [0.2, 0.25) is 5.78 Å². The molecule has 8 heteroatoms. The SMILES string of the molecule is Cc1c(C)n2c3c(=O)n(C)c(=O)n(C)c3nc2n1CCN1CCC[C@H](C)C1. The van der Waals surface area contributed by atoms with Crippen LogP contribution in [0.3, 0.4) is 0 Å². The van der Waals surface area contributed by atoms with E-state index >= 15 is 0 Å². The van der Waals surface area contributed by atoms with Crippen molar-refractivity contribution < 1.29 is 0 Å². The second-order valence-corrected chi connectivity index (χ2v) is 8.00. The number of hydrogen-bond acceptors (Lipinski definition) is 4. The Morgan fingerprint density at radius 2 is 1.81 bits per heavy atom. The van der Waals surface area contributed by atoms with Crippen molar-refractivity contribution in [1.82, 2.24) is 28.0 Å². The first-order valence-corrected chi connectivity index (χ1v) is 9.67. The molecule has 1 aliphatic rings. The van der Waals surface area contributed by atoms with Gasteiger partial charge in [-0.15, -0.1) is 0 Å². The third-order valence-electron chi connectivity index (χ3n) is 6.13. The average molecular weight is 372 g/mol. The van der Waals surface area contributed by atoms with Crippen LogP contribution in [0, 0.1) is 19.8 Å². The Labute approximate surface area is 157 Å². The van der Waals surface area contributed by atoms with Crippen molar-refractivity contribution in [2.24, 2.45) is 20.0 Å². The minimum Gasteiger partial charge on any atom is -0.313 e. The summed E-state index contributed by atoms with van der Waals surface area (Å²) in [6, 6.07) is 0. The number of hydrogen-bond donors (Lipinski definition) is 0. The molecule has 146 valence electrons. The molecule has 4 rings (SSSR count). The number of imidazole rings is 2. The first kappa shape index (κ1) is 18.0. The molecule has 1 aliphatic heterocycles. The molecular formula is C19H28N6O2. The van der Waals surface area contributed by atoms with Crippen LogP contribution >= 0.6 is 0 Å². The van der Waals surface area contributed by atoms with Crippen LogP contribution in [0.25, 0.3) is 16.9 Å². The van der Waals surface area contributed by atoms with E-state index in [0.29, 0.717) is 11.2 Å². The maximum Gasteiger partial charge on any atom is 0.332 e. The molecular weight excluding hydrogens is 344 g/mol. The summed E-state index contributed by atoms with van der Waals surface area (Å²) < 4.78 is 6.69. The lowest BCUT2D eigenvalue weighted by Gasteiger charge is -2.30. The van der Waals surface area contributed by atoms with E-state index in [4.69, 9.17) is 4.98 Å². The van der Waals surface area contributed by atoms with Crippen LogP contribution < -0.4 is 11.2 Å². The molecule has 0 bridgehead atoms. The Morgan fingerprint density at radius 3 is 2.52 bits per heavy atom. The van der Waals surface area contributed by atoms with E-state index in [1.165, 1.54) is 24.5 Å². The molecule has 1 fully saturated rings. The first-order valence-electron chi connectivity index (χ1n) is 9.67. The lowest BCUT2D eigenvalue weighted by Crippen LogP contribution is -2.37. The van der Waals surface area contributed by atoms with Gasteiger partial charge in [-0.1, -0.05) is 6.92 Å². The van der Waals surface area contributed by atoms with Gasteiger partial charge >= 0.3 is 5.69 Å². The fourth-order valence-electron chi connectivity index (χ4n) is 4.39. The van der Waals surface area contributed by atoms with Crippen LogP contribution in [0.15, 0.2) is 9.59 Å². The van der Waals surface area contributed by atoms with Crippen molar-refractivity contribution in [3.05, 3.63) is 32.2 Å². The Kier molecular flexibility index (Phi) is 4.25. The van der Waals surface area contributed by atoms with Gasteiger partial charge in [0.1, 0.15) is 0 Å². The largest absolute Gasteiger partial charge is 0.332 e. The molecule has 0 spiro atoms. The van der Waals surface area contributed by atoms with Crippen molar-refractivity contribution in [1.29, 1.82) is 0 Å². The number of piperidine rings is 1. The second-order valence-electron chi connectivity index (χ2n) is 8.00. The molecule has 0 amide bonds. The van der Waals surface area contributed by atoms with Crippen LogP contribution in [0.1, 0.15) is 31.2 Å². The summed E-state index contributed by atoms with van der Waals surface area (Å²) in [6.07, 6.45) is 2.57. The summed E-state index contributed by atoms with van der Waals surface area (Å²) in [5.74, 6) is 1.49. The van der Waals surface area contributed by atoms with Crippen LogP contribution in [-0.2, 0) is 20.6 Å². The summed E-state index contributed by atoms with van der Waals surface area (Å²) in [4.78, 5) is 32.2. The van der Waals surface area contributed by atoms with Gasteiger partial charge < -0.3 is 9.47 Å². The number of fused-ring (bicyclic) bond motifs is 3. The van der Waals surface area contributed by atoms with E-state index < -0.39 is 0 Å². The summed E-state index contributed by atoms with van der Waals surface area (Å²) in [5, 5.41) is 0. The molecule has 0 saturated carbocycles.